The molecule has 0 unspecified atom stereocenters. The van der Waals surface area contributed by atoms with Crippen molar-refractivity contribution in [1.29, 1.82) is 5.26 Å². The van der Waals surface area contributed by atoms with Crippen LogP contribution < -0.4 is 10.6 Å². The van der Waals surface area contributed by atoms with Gasteiger partial charge in [0, 0.05) is 5.69 Å². The van der Waals surface area contributed by atoms with Crippen molar-refractivity contribution in [2.45, 2.75) is 31.2 Å². The Balaban J connectivity index is 1.55. The zero-order valence-electron chi connectivity index (χ0n) is 15.1. The van der Waals surface area contributed by atoms with E-state index in [4.69, 9.17) is 4.74 Å². The number of hydrogen-bond donors (Lipinski definition) is 2. The minimum absolute atomic E-state index is 0.215. The number of carbonyl (C=O) groups is 3. The van der Waals surface area contributed by atoms with Crippen LogP contribution in [0.5, 0.6) is 0 Å². The number of nitrogens with one attached hydrogen (secondary N) is 2. The molecule has 1 aliphatic carbocycles. The summed E-state index contributed by atoms with van der Waals surface area (Å²) in [6.45, 7) is -0.464. The van der Waals surface area contributed by atoms with Crippen molar-refractivity contribution in [2.75, 3.05) is 11.9 Å². The highest BCUT2D eigenvalue weighted by Crippen LogP contribution is 2.28. The van der Waals surface area contributed by atoms with Gasteiger partial charge in [-0.15, -0.1) is 11.3 Å². The Hall–Kier alpha value is -3.18. The molecule has 0 spiro atoms. The van der Waals surface area contributed by atoms with Crippen LogP contribution in [0, 0.1) is 11.3 Å². The van der Waals surface area contributed by atoms with Crippen LogP contribution in [0.4, 0.5) is 5.69 Å². The lowest BCUT2D eigenvalue weighted by molar-refractivity contribution is -0.125. The first-order valence-corrected chi connectivity index (χ1v) is 9.74. The fraction of sp³-hybridized carbons (Fsp3) is 0.300. The molecule has 0 atom stereocenters. The minimum Gasteiger partial charge on any atom is -0.452 e. The SMILES string of the molecule is N#CC1(NC(=O)COC(=O)c2cccc(NC(=O)c3cccs3)c2)CCCC1. The highest BCUT2D eigenvalue weighted by Gasteiger charge is 2.35. The maximum Gasteiger partial charge on any atom is 0.338 e. The first kappa shape index (κ1) is 19.6. The average Bonchev–Trinajstić information content (AvgIpc) is 3.39. The van der Waals surface area contributed by atoms with Crippen molar-refractivity contribution < 1.29 is 19.1 Å². The van der Waals surface area contributed by atoms with E-state index >= 15 is 0 Å². The lowest BCUT2D eigenvalue weighted by Gasteiger charge is -2.21. The van der Waals surface area contributed by atoms with Gasteiger partial charge >= 0.3 is 5.97 Å². The molecule has 1 saturated carbocycles. The predicted octanol–water partition coefficient (Wildman–Crippen LogP) is 3.11. The summed E-state index contributed by atoms with van der Waals surface area (Å²) in [6, 6.07) is 11.9. The summed E-state index contributed by atoms with van der Waals surface area (Å²) in [5, 5.41) is 16.5. The number of nitriles is 1. The van der Waals surface area contributed by atoms with Gasteiger partial charge in [0.2, 0.25) is 0 Å². The Morgan fingerprint density at radius 2 is 1.96 bits per heavy atom. The van der Waals surface area contributed by atoms with Crippen molar-refractivity contribution in [3.05, 3.63) is 52.2 Å². The van der Waals surface area contributed by atoms with Gasteiger partial charge in [-0.05, 0) is 55.3 Å². The number of thiophene rings is 1. The molecule has 3 rings (SSSR count). The van der Waals surface area contributed by atoms with E-state index in [1.165, 1.54) is 23.5 Å². The molecule has 0 bridgehead atoms. The molecular formula is C20H19N3O4S. The van der Waals surface area contributed by atoms with Gasteiger partial charge in [0.05, 0.1) is 16.5 Å². The van der Waals surface area contributed by atoms with Crippen LogP contribution in [0.1, 0.15) is 45.7 Å². The summed E-state index contributed by atoms with van der Waals surface area (Å²) >= 11 is 1.32. The number of amides is 2. The van der Waals surface area contributed by atoms with Crippen LogP contribution in [0.3, 0.4) is 0 Å². The molecule has 0 aliphatic heterocycles. The van der Waals surface area contributed by atoms with E-state index in [9.17, 15) is 19.6 Å². The number of esters is 1. The van der Waals surface area contributed by atoms with E-state index in [-0.39, 0.29) is 11.5 Å². The second kappa shape index (κ2) is 8.67. The molecule has 1 aromatic heterocycles. The summed E-state index contributed by atoms with van der Waals surface area (Å²) in [4.78, 5) is 36.9. The Morgan fingerprint density at radius 1 is 1.18 bits per heavy atom. The average molecular weight is 397 g/mol. The van der Waals surface area contributed by atoms with E-state index < -0.39 is 24.0 Å². The van der Waals surface area contributed by atoms with Crippen molar-refractivity contribution in [1.82, 2.24) is 5.32 Å². The van der Waals surface area contributed by atoms with Gasteiger partial charge in [0.1, 0.15) is 5.54 Å². The number of nitrogens with zero attached hydrogens (tertiary/aromatic N) is 1. The number of benzene rings is 1. The van der Waals surface area contributed by atoms with E-state index in [2.05, 4.69) is 16.7 Å². The van der Waals surface area contributed by atoms with Gasteiger partial charge < -0.3 is 15.4 Å². The van der Waals surface area contributed by atoms with E-state index in [0.29, 0.717) is 23.4 Å². The van der Waals surface area contributed by atoms with Crippen molar-refractivity contribution >= 4 is 34.8 Å². The highest BCUT2D eigenvalue weighted by molar-refractivity contribution is 7.12. The first-order chi connectivity index (χ1) is 13.5. The van der Waals surface area contributed by atoms with Crippen molar-refractivity contribution in [3.8, 4) is 6.07 Å². The highest BCUT2D eigenvalue weighted by atomic mass is 32.1. The predicted molar refractivity (Wildman–Crippen MR) is 104 cm³/mol. The topological polar surface area (TPSA) is 108 Å². The summed E-state index contributed by atoms with van der Waals surface area (Å²) < 4.78 is 5.05. The third-order valence-electron chi connectivity index (χ3n) is 4.49. The Bertz CT molecular complexity index is 912. The van der Waals surface area contributed by atoms with Crippen LogP contribution >= 0.6 is 11.3 Å². The van der Waals surface area contributed by atoms with Crippen LogP contribution in [-0.4, -0.2) is 29.9 Å². The maximum atomic E-state index is 12.2. The number of rotatable bonds is 6. The summed E-state index contributed by atoms with van der Waals surface area (Å²) in [5.74, 6) is -1.45. The normalized spacial score (nSPS) is 14.7. The number of anilines is 1. The third-order valence-corrected chi connectivity index (χ3v) is 5.35. The number of hydrogen-bond acceptors (Lipinski definition) is 6. The fourth-order valence-electron chi connectivity index (χ4n) is 3.09. The van der Waals surface area contributed by atoms with E-state index in [1.807, 2.05) is 0 Å². The van der Waals surface area contributed by atoms with Crippen LogP contribution in [0.25, 0.3) is 0 Å². The fourth-order valence-corrected chi connectivity index (χ4v) is 3.70. The maximum absolute atomic E-state index is 12.2. The quantitative estimate of drug-likeness (QED) is 0.728. The molecule has 28 heavy (non-hydrogen) atoms. The van der Waals surface area contributed by atoms with Gasteiger partial charge in [-0.25, -0.2) is 4.79 Å². The smallest absolute Gasteiger partial charge is 0.338 e. The van der Waals surface area contributed by atoms with Crippen LogP contribution in [0.2, 0.25) is 0 Å². The van der Waals surface area contributed by atoms with Gasteiger partial charge in [0.25, 0.3) is 11.8 Å². The standard InChI is InChI=1S/C20H19N3O4S/c21-13-20(8-1-2-9-20)23-17(24)12-27-19(26)14-5-3-6-15(11-14)22-18(25)16-7-4-10-28-16/h3-7,10-11H,1-2,8-9,12H2,(H,22,25)(H,23,24). The van der Waals surface area contributed by atoms with Gasteiger partial charge in [-0.1, -0.05) is 12.1 Å². The second-order valence-corrected chi connectivity index (χ2v) is 7.49. The first-order valence-electron chi connectivity index (χ1n) is 8.86. The molecule has 1 fully saturated rings. The van der Waals surface area contributed by atoms with Gasteiger partial charge in [-0.3, -0.25) is 9.59 Å². The number of ether oxygens (including phenoxy) is 1. The molecule has 1 heterocycles. The molecule has 0 saturated heterocycles. The Morgan fingerprint density at radius 3 is 2.64 bits per heavy atom. The number of carbonyl (C=O) groups excluding carboxylic acids is 3. The Labute approximate surface area is 166 Å². The molecule has 2 N–H and O–H groups in total. The van der Waals surface area contributed by atoms with E-state index in [0.717, 1.165) is 12.8 Å². The summed E-state index contributed by atoms with van der Waals surface area (Å²) in [6.07, 6.45) is 2.99. The monoisotopic (exact) mass is 397 g/mol. The zero-order valence-corrected chi connectivity index (χ0v) is 15.9. The van der Waals surface area contributed by atoms with Crippen molar-refractivity contribution in [2.24, 2.45) is 0 Å². The molecular weight excluding hydrogens is 378 g/mol. The second-order valence-electron chi connectivity index (χ2n) is 6.54. The Kier molecular flexibility index (Phi) is 6.06. The molecule has 8 heteroatoms. The van der Waals surface area contributed by atoms with E-state index in [1.54, 1.807) is 29.6 Å². The minimum atomic E-state index is -0.852. The molecule has 1 aromatic carbocycles. The molecule has 7 nitrogen and oxygen atoms in total. The van der Waals surface area contributed by atoms with Crippen molar-refractivity contribution in [3.63, 3.8) is 0 Å². The molecule has 2 amide bonds. The lowest BCUT2D eigenvalue weighted by atomic mass is 10.00. The van der Waals surface area contributed by atoms with Crippen LogP contribution in [-0.2, 0) is 9.53 Å². The largest absolute Gasteiger partial charge is 0.452 e. The van der Waals surface area contributed by atoms with Gasteiger partial charge in [0.15, 0.2) is 6.61 Å². The summed E-state index contributed by atoms with van der Waals surface area (Å²) in [7, 11) is 0. The van der Waals surface area contributed by atoms with Gasteiger partial charge in [-0.2, -0.15) is 5.26 Å². The molecule has 0 radical (unpaired) electrons. The molecule has 2 aromatic rings. The summed E-state index contributed by atoms with van der Waals surface area (Å²) in [5.41, 5.74) is -0.186. The molecule has 1 aliphatic rings. The third kappa shape index (κ3) is 4.75. The van der Waals surface area contributed by atoms with Crippen LogP contribution in [0.15, 0.2) is 41.8 Å². The molecule has 144 valence electrons. The zero-order chi connectivity index (χ0) is 20.0. The lowest BCUT2D eigenvalue weighted by Crippen LogP contribution is -2.46.